The van der Waals surface area contributed by atoms with Gasteiger partial charge in [-0.2, -0.15) is 0 Å². The number of rotatable bonds is 6. The number of esters is 1. The van der Waals surface area contributed by atoms with Crippen LogP contribution in [0.25, 0.3) is 0 Å². The van der Waals surface area contributed by atoms with Crippen molar-refractivity contribution in [2.75, 3.05) is 17.7 Å². The fourth-order valence-corrected chi connectivity index (χ4v) is 2.27. The second kappa shape index (κ2) is 8.70. The van der Waals surface area contributed by atoms with Gasteiger partial charge in [0.2, 0.25) is 0 Å². The lowest BCUT2D eigenvalue weighted by Crippen LogP contribution is -2.30. The molecule has 0 aromatic heterocycles. The monoisotopic (exact) mass is 371 g/mol. The smallest absolute Gasteiger partial charge is 0.338 e. The first-order valence-electron chi connectivity index (χ1n) is 8.13. The van der Waals surface area contributed by atoms with E-state index in [4.69, 9.17) is 15.2 Å². The fourth-order valence-electron chi connectivity index (χ4n) is 2.27. The van der Waals surface area contributed by atoms with E-state index in [0.717, 1.165) is 5.56 Å². The molecule has 0 bridgehead atoms. The molecule has 1 atom stereocenters. The SMILES string of the molecule is COc1ccc(C)cc1NC(=O)C(C)OC(=O)c1ccc(NC(N)=O)cc1. The van der Waals surface area contributed by atoms with Crippen LogP contribution in [0.1, 0.15) is 22.8 Å². The van der Waals surface area contributed by atoms with E-state index >= 15 is 0 Å². The van der Waals surface area contributed by atoms with Crippen LogP contribution >= 0.6 is 0 Å². The molecule has 2 aromatic rings. The van der Waals surface area contributed by atoms with E-state index < -0.39 is 24.0 Å². The quantitative estimate of drug-likeness (QED) is 0.674. The van der Waals surface area contributed by atoms with Crippen LogP contribution in [-0.2, 0) is 9.53 Å². The third-order valence-corrected chi connectivity index (χ3v) is 3.65. The van der Waals surface area contributed by atoms with Gasteiger partial charge < -0.3 is 25.8 Å². The van der Waals surface area contributed by atoms with E-state index in [1.807, 2.05) is 13.0 Å². The van der Waals surface area contributed by atoms with Gasteiger partial charge >= 0.3 is 12.0 Å². The molecule has 142 valence electrons. The van der Waals surface area contributed by atoms with Gasteiger partial charge in [-0.25, -0.2) is 9.59 Å². The van der Waals surface area contributed by atoms with Crippen LogP contribution in [0, 0.1) is 6.92 Å². The number of methoxy groups -OCH3 is 1. The van der Waals surface area contributed by atoms with Crippen molar-refractivity contribution in [3.63, 3.8) is 0 Å². The van der Waals surface area contributed by atoms with Gasteiger partial charge in [-0.15, -0.1) is 0 Å². The number of benzene rings is 2. The maximum atomic E-state index is 12.3. The molecule has 0 saturated heterocycles. The number of hydrogen-bond donors (Lipinski definition) is 3. The number of urea groups is 1. The maximum absolute atomic E-state index is 12.3. The minimum Gasteiger partial charge on any atom is -0.495 e. The lowest BCUT2D eigenvalue weighted by atomic mass is 10.2. The summed E-state index contributed by atoms with van der Waals surface area (Å²) in [6.07, 6.45) is -1.02. The number of nitrogens with one attached hydrogen (secondary N) is 2. The largest absolute Gasteiger partial charge is 0.495 e. The third kappa shape index (κ3) is 5.46. The molecular formula is C19H21N3O5. The Morgan fingerprint density at radius 1 is 1.04 bits per heavy atom. The average molecular weight is 371 g/mol. The molecule has 2 rings (SSSR count). The van der Waals surface area contributed by atoms with E-state index in [9.17, 15) is 14.4 Å². The molecule has 8 heteroatoms. The molecule has 4 N–H and O–H groups in total. The Morgan fingerprint density at radius 3 is 2.30 bits per heavy atom. The minimum absolute atomic E-state index is 0.234. The minimum atomic E-state index is -1.02. The molecule has 0 aliphatic carbocycles. The molecule has 0 radical (unpaired) electrons. The highest BCUT2D eigenvalue weighted by Crippen LogP contribution is 2.25. The van der Waals surface area contributed by atoms with Crippen LogP contribution < -0.4 is 21.1 Å². The summed E-state index contributed by atoms with van der Waals surface area (Å²) < 4.78 is 10.4. The lowest BCUT2D eigenvalue weighted by Gasteiger charge is -2.15. The van der Waals surface area contributed by atoms with Crippen molar-refractivity contribution in [1.29, 1.82) is 0 Å². The summed E-state index contributed by atoms with van der Waals surface area (Å²) in [4.78, 5) is 35.3. The van der Waals surface area contributed by atoms with Crippen molar-refractivity contribution in [3.05, 3.63) is 53.6 Å². The molecule has 0 aliphatic heterocycles. The molecule has 3 amide bonds. The van der Waals surface area contributed by atoms with Crippen LogP contribution in [0.5, 0.6) is 5.75 Å². The standard InChI is InChI=1S/C19H21N3O5/c1-11-4-9-16(26-3)15(10-11)22-17(23)12(2)27-18(24)13-5-7-14(8-6-13)21-19(20)25/h4-10,12H,1-3H3,(H,22,23)(H3,20,21,25). The van der Waals surface area contributed by atoms with Gasteiger partial charge in [-0.05, 0) is 55.8 Å². The van der Waals surface area contributed by atoms with Gasteiger partial charge in [0.15, 0.2) is 6.10 Å². The molecule has 0 spiro atoms. The Balaban J connectivity index is 2.00. The number of nitrogens with two attached hydrogens (primary N) is 1. The van der Waals surface area contributed by atoms with Crippen LogP contribution in [-0.4, -0.2) is 31.1 Å². The Kier molecular flexibility index (Phi) is 6.37. The third-order valence-electron chi connectivity index (χ3n) is 3.65. The van der Waals surface area contributed by atoms with Gasteiger partial charge in [0.1, 0.15) is 5.75 Å². The Bertz CT molecular complexity index is 849. The van der Waals surface area contributed by atoms with Crippen molar-refractivity contribution in [2.45, 2.75) is 20.0 Å². The van der Waals surface area contributed by atoms with E-state index in [2.05, 4.69) is 10.6 Å². The first-order chi connectivity index (χ1) is 12.8. The summed E-state index contributed by atoms with van der Waals surface area (Å²) in [7, 11) is 1.50. The van der Waals surface area contributed by atoms with Crippen LogP contribution in [0.3, 0.4) is 0 Å². The highest BCUT2D eigenvalue weighted by atomic mass is 16.5. The highest BCUT2D eigenvalue weighted by Gasteiger charge is 2.20. The molecule has 0 fully saturated rings. The summed E-state index contributed by atoms with van der Waals surface area (Å²) in [5.41, 5.74) is 7.13. The second-order valence-electron chi connectivity index (χ2n) is 5.81. The van der Waals surface area contributed by atoms with E-state index in [1.165, 1.54) is 38.3 Å². The maximum Gasteiger partial charge on any atom is 0.338 e. The van der Waals surface area contributed by atoms with Crippen molar-refractivity contribution < 1.29 is 23.9 Å². The molecule has 0 aliphatic rings. The summed E-state index contributed by atoms with van der Waals surface area (Å²) >= 11 is 0. The summed E-state index contributed by atoms with van der Waals surface area (Å²) in [5.74, 6) is -0.649. The van der Waals surface area contributed by atoms with Gasteiger partial charge in [0, 0.05) is 5.69 Å². The molecule has 0 saturated carbocycles. The van der Waals surface area contributed by atoms with Crippen LogP contribution in [0.15, 0.2) is 42.5 Å². The zero-order chi connectivity index (χ0) is 20.0. The van der Waals surface area contributed by atoms with Crippen molar-refractivity contribution in [3.8, 4) is 5.75 Å². The van der Waals surface area contributed by atoms with Crippen molar-refractivity contribution >= 4 is 29.3 Å². The predicted octanol–water partition coefficient (Wildman–Crippen LogP) is 2.68. The summed E-state index contributed by atoms with van der Waals surface area (Å²) in [6.45, 7) is 3.35. The normalized spacial score (nSPS) is 11.2. The Hall–Kier alpha value is -3.55. The topological polar surface area (TPSA) is 120 Å². The second-order valence-corrected chi connectivity index (χ2v) is 5.81. The Labute approximate surface area is 156 Å². The van der Waals surface area contributed by atoms with Crippen molar-refractivity contribution in [1.82, 2.24) is 0 Å². The van der Waals surface area contributed by atoms with Gasteiger partial charge in [0.25, 0.3) is 5.91 Å². The van der Waals surface area contributed by atoms with E-state index in [0.29, 0.717) is 17.1 Å². The van der Waals surface area contributed by atoms with Gasteiger partial charge in [0.05, 0.1) is 18.4 Å². The molecule has 2 aromatic carbocycles. The summed E-state index contributed by atoms with van der Waals surface area (Å²) in [6, 6.07) is 10.6. The number of hydrogen-bond acceptors (Lipinski definition) is 5. The number of aryl methyl sites for hydroxylation is 1. The lowest BCUT2D eigenvalue weighted by molar-refractivity contribution is -0.123. The number of amides is 3. The van der Waals surface area contributed by atoms with E-state index in [-0.39, 0.29) is 5.56 Å². The predicted molar refractivity (Wildman–Crippen MR) is 101 cm³/mol. The highest BCUT2D eigenvalue weighted by molar-refractivity contribution is 5.98. The number of ether oxygens (including phenoxy) is 2. The number of carbonyl (C=O) groups excluding carboxylic acids is 3. The van der Waals surface area contributed by atoms with Crippen LogP contribution in [0.4, 0.5) is 16.2 Å². The fraction of sp³-hybridized carbons (Fsp3) is 0.211. The van der Waals surface area contributed by atoms with Gasteiger partial charge in [-0.1, -0.05) is 6.07 Å². The van der Waals surface area contributed by atoms with E-state index in [1.54, 1.807) is 12.1 Å². The zero-order valence-electron chi connectivity index (χ0n) is 15.2. The summed E-state index contributed by atoms with van der Waals surface area (Å²) in [5, 5.41) is 5.07. The Morgan fingerprint density at radius 2 is 1.70 bits per heavy atom. The number of carbonyl (C=O) groups is 3. The zero-order valence-corrected chi connectivity index (χ0v) is 15.2. The molecular weight excluding hydrogens is 350 g/mol. The molecule has 0 heterocycles. The number of primary amides is 1. The average Bonchev–Trinajstić information content (AvgIpc) is 2.61. The number of anilines is 2. The molecule has 8 nitrogen and oxygen atoms in total. The van der Waals surface area contributed by atoms with Crippen molar-refractivity contribution in [2.24, 2.45) is 5.73 Å². The van der Waals surface area contributed by atoms with Crippen LogP contribution in [0.2, 0.25) is 0 Å². The molecule has 1 unspecified atom stereocenters. The first-order valence-corrected chi connectivity index (χ1v) is 8.13. The van der Waals surface area contributed by atoms with Gasteiger partial charge in [-0.3, -0.25) is 4.79 Å². The molecule has 27 heavy (non-hydrogen) atoms. The first kappa shape index (κ1) is 19.8.